The van der Waals surface area contributed by atoms with E-state index in [1.165, 1.54) is 0 Å². The second-order valence-corrected chi connectivity index (χ2v) is 7.20. The zero-order valence-corrected chi connectivity index (χ0v) is 16.8. The number of hydrogen-bond donors (Lipinski definition) is 1. The molecule has 1 N–H and O–H groups in total. The smallest absolute Gasteiger partial charge is 0.311 e. The second-order valence-electron chi connectivity index (χ2n) is 7.20. The Labute approximate surface area is 175 Å². The van der Waals surface area contributed by atoms with Crippen molar-refractivity contribution in [1.29, 1.82) is 0 Å². The highest BCUT2D eigenvalue weighted by Gasteiger charge is 2.28. The van der Waals surface area contributed by atoms with E-state index in [-0.39, 0.29) is 12.2 Å². The third kappa shape index (κ3) is 4.03. The standard InChI is InChI=1S/C26H23NO3/c1-2-19-14-9-15-21-22(17-27-24(19)21)25(29)26(20-12-7-4-8-13-20)30-23(28)16-18-10-5-3-6-11-18/h3-15,17,26-27H,2,16H2,1H3/t26-/m1/s1. The van der Waals surface area contributed by atoms with Gasteiger partial charge in [0.15, 0.2) is 6.10 Å². The molecule has 0 amide bonds. The first kappa shape index (κ1) is 19.6. The topological polar surface area (TPSA) is 59.2 Å². The van der Waals surface area contributed by atoms with Crippen molar-refractivity contribution in [2.24, 2.45) is 0 Å². The van der Waals surface area contributed by atoms with Crippen molar-refractivity contribution < 1.29 is 14.3 Å². The van der Waals surface area contributed by atoms with Crippen LogP contribution >= 0.6 is 0 Å². The zero-order chi connectivity index (χ0) is 20.9. The summed E-state index contributed by atoms with van der Waals surface area (Å²) >= 11 is 0. The highest BCUT2D eigenvalue weighted by Crippen LogP contribution is 2.29. The highest BCUT2D eigenvalue weighted by atomic mass is 16.5. The van der Waals surface area contributed by atoms with E-state index in [9.17, 15) is 9.59 Å². The predicted octanol–water partition coefficient (Wildman–Crippen LogP) is 5.44. The summed E-state index contributed by atoms with van der Waals surface area (Å²) in [5.74, 6) is -0.667. The molecule has 0 saturated carbocycles. The van der Waals surface area contributed by atoms with E-state index in [0.29, 0.717) is 11.1 Å². The minimum Gasteiger partial charge on any atom is -0.449 e. The molecule has 0 fully saturated rings. The van der Waals surface area contributed by atoms with Gasteiger partial charge in [-0.05, 0) is 17.5 Å². The number of rotatable bonds is 7. The molecule has 4 rings (SSSR count). The number of ether oxygens (including phenoxy) is 1. The molecule has 4 aromatic rings. The molecule has 0 saturated heterocycles. The number of H-pyrrole nitrogens is 1. The van der Waals surface area contributed by atoms with Gasteiger partial charge in [0, 0.05) is 28.2 Å². The van der Waals surface area contributed by atoms with Crippen LogP contribution in [-0.2, 0) is 22.4 Å². The van der Waals surface area contributed by atoms with Crippen molar-refractivity contribution in [3.05, 3.63) is 107 Å². The van der Waals surface area contributed by atoms with Crippen LogP contribution in [0.5, 0.6) is 0 Å². The van der Waals surface area contributed by atoms with Crippen LogP contribution in [0.15, 0.2) is 85.1 Å². The lowest BCUT2D eigenvalue weighted by atomic mass is 9.98. The fourth-order valence-corrected chi connectivity index (χ4v) is 3.69. The average Bonchev–Trinajstić information content (AvgIpc) is 3.22. The maximum absolute atomic E-state index is 13.5. The van der Waals surface area contributed by atoms with Gasteiger partial charge >= 0.3 is 5.97 Å². The van der Waals surface area contributed by atoms with Crippen LogP contribution in [0.25, 0.3) is 10.9 Å². The molecule has 0 aliphatic carbocycles. The first-order chi connectivity index (χ1) is 14.7. The van der Waals surface area contributed by atoms with Crippen LogP contribution in [-0.4, -0.2) is 16.7 Å². The molecule has 0 spiro atoms. The summed E-state index contributed by atoms with van der Waals surface area (Å²) in [6, 6.07) is 24.5. The van der Waals surface area contributed by atoms with Crippen LogP contribution in [0.1, 0.15) is 40.1 Å². The van der Waals surface area contributed by atoms with Crippen LogP contribution in [0, 0.1) is 0 Å². The van der Waals surface area contributed by atoms with Gasteiger partial charge in [-0.3, -0.25) is 9.59 Å². The Bertz CT molecular complexity index is 1160. The number of esters is 1. The number of aryl methyl sites for hydroxylation is 1. The monoisotopic (exact) mass is 397 g/mol. The van der Waals surface area contributed by atoms with Gasteiger partial charge < -0.3 is 9.72 Å². The molecule has 0 unspecified atom stereocenters. The number of nitrogens with one attached hydrogen (secondary N) is 1. The third-order valence-electron chi connectivity index (χ3n) is 5.23. The van der Waals surface area contributed by atoms with Crippen LogP contribution in [0.3, 0.4) is 0 Å². The number of fused-ring (bicyclic) bond motifs is 1. The minimum atomic E-state index is -0.994. The van der Waals surface area contributed by atoms with Crippen molar-refractivity contribution in [3.8, 4) is 0 Å². The summed E-state index contributed by atoms with van der Waals surface area (Å²) < 4.78 is 5.73. The molecular formula is C26H23NO3. The molecule has 4 heteroatoms. The summed E-state index contributed by atoms with van der Waals surface area (Å²) in [4.78, 5) is 29.4. The van der Waals surface area contributed by atoms with Gasteiger partial charge in [-0.15, -0.1) is 0 Å². The van der Waals surface area contributed by atoms with Gasteiger partial charge in [-0.2, -0.15) is 0 Å². The van der Waals surface area contributed by atoms with Gasteiger partial charge in [-0.1, -0.05) is 85.8 Å². The highest BCUT2D eigenvalue weighted by molar-refractivity contribution is 6.11. The molecule has 1 heterocycles. The lowest BCUT2D eigenvalue weighted by Gasteiger charge is -2.17. The minimum absolute atomic E-state index is 0.116. The van der Waals surface area contributed by atoms with E-state index in [0.717, 1.165) is 28.5 Å². The molecule has 1 atom stereocenters. The number of hydrogen-bond acceptors (Lipinski definition) is 3. The van der Waals surface area contributed by atoms with Crippen molar-refractivity contribution in [3.63, 3.8) is 0 Å². The first-order valence-corrected chi connectivity index (χ1v) is 10.1. The molecule has 0 bridgehead atoms. The fraction of sp³-hybridized carbons (Fsp3) is 0.154. The maximum atomic E-state index is 13.5. The molecule has 0 aliphatic heterocycles. The van der Waals surface area contributed by atoms with E-state index < -0.39 is 12.1 Å². The SMILES string of the molecule is CCc1cccc2c(C(=O)[C@H](OC(=O)Cc3ccccc3)c3ccccc3)c[nH]c12. The van der Waals surface area contributed by atoms with Gasteiger partial charge in [-0.25, -0.2) is 0 Å². The Hall–Kier alpha value is -3.66. The van der Waals surface area contributed by atoms with Crippen LogP contribution in [0.4, 0.5) is 0 Å². The Balaban J connectivity index is 1.66. The number of carbonyl (C=O) groups excluding carboxylic acids is 2. The summed E-state index contributed by atoms with van der Waals surface area (Å²) in [5, 5.41) is 0.847. The quantitative estimate of drug-likeness (QED) is 0.334. The lowest BCUT2D eigenvalue weighted by molar-refractivity contribution is -0.146. The summed E-state index contributed by atoms with van der Waals surface area (Å²) in [5.41, 5.74) is 4.13. The van der Waals surface area contributed by atoms with Crippen molar-refractivity contribution >= 4 is 22.7 Å². The predicted molar refractivity (Wildman–Crippen MR) is 117 cm³/mol. The molecule has 3 aromatic carbocycles. The number of Topliss-reactive ketones (excluding diaryl/α,β-unsaturated/α-hetero) is 1. The maximum Gasteiger partial charge on any atom is 0.311 e. The van der Waals surface area contributed by atoms with E-state index in [1.54, 1.807) is 6.20 Å². The van der Waals surface area contributed by atoms with Gasteiger partial charge in [0.05, 0.1) is 6.42 Å². The average molecular weight is 397 g/mol. The van der Waals surface area contributed by atoms with E-state index in [1.807, 2.05) is 78.9 Å². The van der Waals surface area contributed by atoms with Gasteiger partial charge in [0.25, 0.3) is 0 Å². The summed E-state index contributed by atoms with van der Waals surface area (Å²) in [7, 11) is 0. The number of benzene rings is 3. The van der Waals surface area contributed by atoms with E-state index in [2.05, 4.69) is 11.9 Å². The molecule has 150 valence electrons. The van der Waals surface area contributed by atoms with E-state index >= 15 is 0 Å². The number of ketones is 1. The Morgan fingerprint density at radius 2 is 1.60 bits per heavy atom. The Morgan fingerprint density at radius 3 is 2.30 bits per heavy atom. The van der Waals surface area contributed by atoms with Crippen molar-refractivity contribution in [2.75, 3.05) is 0 Å². The van der Waals surface area contributed by atoms with Crippen molar-refractivity contribution in [1.82, 2.24) is 4.98 Å². The normalized spacial score (nSPS) is 11.9. The van der Waals surface area contributed by atoms with Crippen molar-refractivity contribution in [2.45, 2.75) is 25.9 Å². The molecule has 1 aromatic heterocycles. The summed E-state index contributed by atoms with van der Waals surface area (Å²) in [6.45, 7) is 2.08. The molecule has 0 radical (unpaired) electrons. The van der Waals surface area contributed by atoms with Crippen LogP contribution < -0.4 is 0 Å². The first-order valence-electron chi connectivity index (χ1n) is 10.1. The Kier molecular flexibility index (Phi) is 5.75. The number of aromatic amines is 1. The van der Waals surface area contributed by atoms with E-state index in [4.69, 9.17) is 4.74 Å². The largest absolute Gasteiger partial charge is 0.449 e. The fourth-order valence-electron chi connectivity index (χ4n) is 3.69. The lowest BCUT2D eigenvalue weighted by Crippen LogP contribution is -2.21. The summed E-state index contributed by atoms with van der Waals surface area (Å²) in [6.07, 6.45) is 1.70. The Morgan fingerprint density at radius 1 is 0.900 bits per heavy atom. The second kappa shape index (κ2) is 8.78. The van der Waals surface area contributed by atoms with Gasteiger partial charge in [0.1, 0.15) is 0 Å². The van der Waals surface area contributed by atoms with Crippen LogP contribution in [0.2, 0.25) is 0 Å². The molecular weight excluding hydrogens is 374 g/mol. The molecule has 30 heavy (non-hydrogen) atoms. The molecule has 4 nitrogen and oxygen atoms in total. The third-order valence-corrected chi connectivity index (χ3v) is 5.23. The van der Waals surface area contributed by atoms with Gasteiger partial charge in [0.2, 0.25) is 5.78 Å². The molecule has 0 aliphatic rings. The zero-order valence-electron chi connectivity index (χ0n) is 16.8. The number of para-hydroxylation sites is 1. The number of aromatic nitrogens is 1. The number of carbonyl (C=O) groups is 2.